The molecule has 1 aliphatic rings. The number of nitrogens with one attached hydrogen (secondary N) is 1. The molecule has 174 valence electrons. The van der Waals surface area contributed by atoms with Crippen molar-refractivity contribution < 1.29 is 23.5 Å². The predicted octanol–water partition coefficient (Wildman–Crippen LogP) is 5.90. The van der Waals surface area contributed by atoms with Crippen LogP contribution in [0.3, 0.4) is 0 Å². The first-order valence-electron chi connectivity index (χ1n) is 10.9. The Morgan fingerprint density at radius 3 is 2.91 bits per heavy atom. The first kappa shape index (κ1) is 22.0. The van der Waals surface area contributed by atoms with Gasteiger partial charge >= 0.3 is 6.09 Å². The minimum atomic E-state index is -0.608. The van der Waals surface area contributed by atoms with Crippen molar-refractivity contribution in [3.8, 4) is 21.8 Å². The number of aromatic nitrogens is 2. The summed E-state index contributed by atoms with van der Waals surface area (Å²) in [5.74, 6) is 2.06. The van der Waals surface area contributed by atoms with Crippen molar-refractivity contribution in [3.63, 3.8) is 0 Å². The molecule has 0 aliphatic carbocycles. The summed E-state index contributed by atoms with van der Waals surface area (Å²) in [7, 11) is 0. The molecule has 0 spiro atoms. The number of amides is 1. The highest BCUT2D eigenvalue weighted by atomic mass is 32.1. The highest BCUT2D eigenvalue weighted by Gasteiger charge is 2.23. The summed E-state index contributed by atoms with van der Waals surface area (Å²) < 4.78 is 22.5. The maximum Gasteiger partial charge on any atom is 0.413 e. The lowest BCUT2D eigenvalue weighted by Crippen LogP contribution is -2.25. The Labute approximate surface area is 200 Å². The van der Waals surface area contributed by atoms with Gasteiger partial charge in [-0.05, 0) is 72.9 Å². The van der Waals surface area contributed by atoms with E-state index in [0.29, 0.717) is 27.5 Å². The Morgan fingerprint density at radius 2 is 2.09 bits per heavy atom. The molecule has 34 heavy (non-hydrogen) atoms. The Bertz CT molecular complexity index is 1300. The van der Waals surface area contributed by atoms with E-state index >= 15 is 0 Å². The second-order valence-electron chi connectivity index (χ2n) is 7.95. The van der Waals surface area contributed by atoms with Crippen molar-refractivity contribution in [2.45, 2.75) is 39.3 Å². The predicted molar refractivity (Wildman–Crippen MR) is 126 cm³/mol. The van der Waals surface area contributed by atoms with Crippen LogP contribution in [0.1, 0.15) is 40.7 Å². The molecular weight excluding hydrogens is 454 g/mol. The van der Waals surface area contributed by atoms with Gasteiger partial charge in [-0.15, -0.1) is 0 Å². The molecule has 1 atom stereocenters. The number of nitrogens with zero attached hydrogens (tertiary/aromatic N) is 2. The van der Waals surface area contributed by atoms with Crippen LogP contribution in [0.15, 0.2) is 59.3 Å². The fourth-order valence-electron chi connectivity index (χ4n) is 3.81. The lowest BCUT2D eigenvalue weighted by molar-refractivity contribution is 0.175. The van der Waals surface area contributed by atoms with E-state index in [4.69, 9.17) is 18.7 Å². The molecule has 4 aromatic rings. The minimum absolute atomic E-state index is 0.0528. The largest absolute Gasteiger partial charge is 0.485 e. The van der Waals surface area contributed by atoms with Gasteiger partial charge in [-0.1, -0.05) is 29.4 Å². The standard InChI is InChI=1S/C25H23N3O5S/c1-15-5-3-4-6-20(15)22-9-7-17-13-18(8-10-21(17)31-22)30-25-28-16(2)23(34-25)32-24(29)26-14-19-11-12-27-33-19/h3-6,8,10-13,22H,7,9,14H2,1-2H3,(H,26,29). The molecule has 0 radical (unpaired) electrons. The fraction of sp³-hybridized carbons (Fsp3) is 0.240. The topological polar surface area (TPSA) is 95.7 Å². The molecular formula is C25H23N3O5S. The lowest BCUT2D eigenvalue weighted by atomic mass is 9.95. The summed E-state index contributed by atoms with van der Waals surface area (Å²) in [5, 5.41) is 6.95. The first-order valence-corrected chi connectivity index (χ1v) is 11.7. The molecule has 1 unspecified atom stereocenters. The van der Waals surface area contributed by atoms with Gasteiger partial charge in [0.1, 0.15) is 17.6 Å². The first-order chi connectivity index (χ1) is 16.5. The van der Waals surface area contributed by atoms with Gasteiger partial charge in [0.05, 0.1) is 18.4 Å². The van der Waals surface area contributed by atoms with Crippen molar-refractivity contribution in [2.75, 3.05) is 0 Å². The number of fused-ring (bicyclic) bond motifs is 1. The van der Waals surface area contributed by atoms with Crippen LogP contribution in [0.2, 0.25) is 0 Å². The number of benzene rings is 2. The number of ether oxygens (including phenoxy) is 3. The zero-order chi connectivity index (χ0) is 23.5. The SMILES string of the molecule is Cc1ccccc1C1CCc2cc(Oc3nc(C)c(OC(=O)NCc4ccno4)s3)ccc2O1. The maximum atomic E-state index is 12.1. The Morgan fingerprint density at radius 1 is 1.21 bits per heavy atom. The van der Waals surface area contributed by atoms with Gasteiger partial charge in [-0.2, -0.15) is 0 Å². The number of carbonyl (C=O) groups excluding carboxylic acids is 1. The van der Waals surface area contributed by atoms with Gasteiger partial charge in [0.15, 0.2) is 5.76 Å². The van der Waals surface area contributed by atoms with Crippen molar-refractivity contribution in [3.05, 3.63) is 82.9 Å². The number of aryl methyl sites for hydroxylation is 3. The van der Waals surface area contributed by atoms with E-state index in [1.54, 1.807) is 13.0 Å². The zero-order valence-electron chi connectivity index (χ0n) is 18.7. The molecule has 3 heterocycles. The molecule has 1 amide bonds. The summed E-state index contributed by atoms with van der Waals surface area (Å²) in [4.78, 5) is 16.4. The van der Waals surface area contributed by atoms with E-state index in [1.807, 2.05) is 30.3 Å². The van der Waals surface area contributed by atoms with E-state index in [1.165, 1.54) is 17.3 Å². The number of rotatable bonds is 6. The van der Waals surface area contributed by atoms with E-state index in [2.05, 4.69) is 34.5 Å². The van der Waals surface area contributed by atoms with Crippen LogP contribution in [0.5, 0.6) is 21.8 Å². The average molecular weight is 478 g/mol. The van der Waals surface area contributed by atoms with Gasteiger partial charge < -0.3 is 24.1 Å². The van der Waals surface area contributed by atoms with E-state index < -0.39 is 6.09 Å². The number of hydrogen-bond donors (Lipinski definition) is 1. The summed E-state index contributed by atoms with van der Waals surface area (Å²) in [6, 6.07) is 15.8. The molecule has 2 aromatic heterocycles. The third kappa shape index (κ3) is 4.89. The van der Waals surface area contributed by atoms with Gasteiger partial charge in [0.25, 0.3) is 5.19 Å². The number of thiazole rings is 1. The highest BCUT2D eigenvalue weighted by Crippen LogP contribution is 2.40. The smallest absolute Gasteiger partial charge is 0.413 e. The third-order valence-electron chi connectivity index (χ3n) is 5.54. The Kier molecular flexibility index (Phi) is 6.18. The molecule has 8 nitrogen and oxygen atoms in total. The quantitative estimate of drug-likeness (QED) is 0.370. The van der Waals surface area contributed by atoms with Gasteiger partial charge in [0, 0.05) is 6.07 Å². The maximum absolute atomic E-state index is 12.1. The Balaban J connectivity index is 1.22. The molecule has 2 aromatic carbocycles. The van der Waals surface area contributed by atoms with Crippen molar-refractivity contribution in [1.82, 2.24) is 15.5 Å². The Hall–Kier alpha value is -3.85. The minimum Gasteiger partial charge on any atom is -0.485 e. The highest BCUT2D eigenvalue weighted by molar-refractivity contribution is 7.15. The van der Waals surface area contributed by atoms with Crippen molar-refractivity contribution >= 4 is 17.4 Å². The molecule has 1 aliphatic heterocycles. The normalized spacial score (nSPS) is 14.7. The van der Waals surface area contributed by atoms with E-state index in [9.17, 15) is 4.79 Å². The van der Waals surface area contributed by atoms with Gasteiger partial charge in [-0.3, -0.25) is 0 Å². The van der Waals surface area contributed by atoms with Crippen LogP contribution in [-0.4, -0.2) is 16.2 Å². The van der Waals surface area contributed by atoms with Crippen LogP contribution < -0.4 is 19.5 Å². The summed E-state index contributed by atoms with van der Waals surface area (Å²) in [6.45, 7) is 4.05. The third-order valence-corrected chi connectivity index (χ3v) is 6.45. The summed E-state index contributed by atoms with van der Waals surface area (Å²) in [5.41, 5.74) is 4.12. The number of hydrogen-bond acceptors (Lipinski definition) is 8. The van der Waals surface area contributed by atoms with Gasteiger partial charge in [-0.25, -0.2) is 9.78 Å². The van der Waals surface area contributed by atoms with Crippen molar-refractivity contribution in [2.24, 2.45) is 0 Å². The molecule has 0 saturated carbocycles. The summed E-state index contributed by atoms with van der Waals surface area (Å²) >= 11 is 1.16. The van der Waals surface area contributed by atoms with Crippen LogP contribution in [-0.2, 0) is 13.0 Å². The second kappa shape index (κ2) is 9.56. The average Bonchev–Trinajstić information content (AvgIpc) is 3.47. The molecule has 0 saturated heterocycles. The van der Waals surface area contributed by atoms with Crippen molar-refractivity contribution in [1.29, 1.82) is 0 Å². The van der Waals surface area contributed by atoms with Crippen LogP contribution in [0.4, 0.5) is 4.79 Å². The van der Waals surface area contributed by atoms with Crippen LogP contribution in [0, 0.1) is 13.8 Å². The monoisotopic (exact) mass is 477 g/mol. The molecule has 5 rings (SSSR count). The summed E-state index contributed by atoms with van der Waals surface area (Å²) in [6.07, 6.45) is 2.75. The van der Waals surface area contributed by atoms with Gasteiger partial charge in [0.2, 0.25) is 5.06 Å². The molecule has 1 N–H and O–H groups in total. The zero-order valence-corrected chi connectivity index (χ0v) is 19.6. The fourth-order valence-corrected chi connectivity index (χ4v) is 4.60. The second-order valence-corrected chi connectivity index (χ2v) is 8.87. The number of carbonyl (C=O) groups is 1. The van der Waals surface area contributed by atoms with E-state index in [-0.39, 0.29) is 12.6 Å². The van der Waals surface area contributed by atoms with E-state index in [0.717, 1.165) is 35.5 Å². The molecule has 0 fully saturated rings. The molecule has 9 heteroatoms. The van der Waals surface area contributed by atoms with Crippen LogP contribution in [0.25, 0.3) is 0 Å². The van der Waals surface area contributed by atoms with Crippen LogP contribution >= 0.6 is 11.3 Å². The molecule has 0 bridgehead atoms. The lowest BCUT2D eigenvalue weighted by Gasteiger charge is -2.27.